The van der Waals surface area contributed by atoms with E-state index in [1.54, 1.807) is 12.1 Å². The highest BCUT2D eigenvalue weighted by Gasteiger charge is 2.38. The quantitative estimate of drug-likeness (QED) is 0.118. The summed E-state index contributed by atoms with van der Waals surface area (Å²) in [5.41, 5.74) is 11.7. The number of halogens is 3. The molecule has 15 heteroatoms. The minimum absolute atomic E-state index is 0.107. The van der Waals surface area contributed by atoms with Gasteiger partial charge < -0.3 is 36.5 Å². The number of hydrogen-bond donors (Lipinski definition) is 6. The van der Waals surface area contributed by atoms with Crippen LogP contribution in [0, 0.1) is 6.92 Å². The summed E-state index contributed by atoms with van der Waals surface area (Å²) in [5, 5.41) is 16.2. The second-order valence-corrected chi connectivity index (χ2v) is 11.9. The molecule has 1 aromatic heterocycles. The van der Waals surface area contributed by atoms with E-state index in [1.807, 2.05) is 49.4 Å². The van der Waals surface area contributed by atoms with Crippen molar-refractivity contribution < 1.29 is 42.2 Å². The highest BCUT2D eigenvalue weighted by atomic mass is 19.4. The molecule has 0 radical (unpaired) electrons. The topological polar surface area (TPSA) is 193 Å². The lowest BCUT2D eigenvalue weighted by Crippen LogP contribution is -2.51. The van der Waals surface area contributed by atoms with Crippen molar-refractivity contribution >= 4 is 40.5 Å². The molecule has 0 spiro atoms. The summed E-state index contributed by atoms with van der Waals surface area (Å²) in [5.74, 6) is -3.81. The molecular formula is C36H38F3N5O7. The number of rotatable bonds is 11. The number of hydrogen-bond acceptors (Lipinski definition) is 7. The number of amides is 3. The molecule has 3 aromatic carbocycles. The number of H-pyrrole nitrogens is 1. The van der Waals surface area contributed by atoms with Crippen LogP contribution >= 0.6 is 0 Å². The van der Waals surface area contributed by atoms with E-state index in [1.165, 1.54) is 13.0 Å². The Bertz CT molecular complexity index is 1920. The number of carbonyl (C=O) groups excluding carboxylic acids is 3. The molecule has 51 heavy (non-hydrogen) atoms. The van der Waals surface area contributed by atoms with Gasteiger partial charge in [-0.05, 0) is 79.6 Å². The predicted octanol–water partition coefficient (Wildman–Crippen LogP) is 4.95. The highest BCUT2D eigenvalue weighted by Crippen LogP contribution is 2.44. The minimum Gasteiger partial charge on any atom is -0.475 e. The summed E-state index contributed by atoms with van der Waals surface area (Å²) in [6.07, 6.45) is -4.15. The molecule has 5 rings (SSSR count). The van der Waals surface area contributed by atoms with Gasteiger partial charge in [0.1, 0.15) is 18.7 Å². The molecule has 7 N–H and O–H groups in total. The largest absolute Gasteiger partial charge is 0.490 e. The fraction of sp³-hybridized carbons (Fsp3) is 0.306. The molecule has 0 saturated carbocycles. The lowest BCUT2D eigenvalue weighted by molar-refractivity contribution is -0.192. The molecule has 4 aromatic rings. The zero-order valence-corrected chi connectivity index (χ0v) is 27.8. The highest BCUT2D eigenvalue weighted by molar-refractivity contribution is 5.99. The van der Waals surface area contributed by atoms with Crippen LogP contribution < -0.4 is 27.2 Å². The van der Waals surface area contributed by atoms with Crippen LogP contribution in [-0.4, -0.2) is 65.4 Å². The molecule has 1 heterocycles. The number of aromatic nitrogens is 1. The van der Waals surface area contributed by atoms with Gasteiger partial charge in [-0.15, -0.1) is 0 Å². The SMILES string of the molecule is Cc1cc(=O)[nH]c2cc(NC(=O)[C@H](CCCCN)NC(=O)C(C)NC(=O)OCC3c4ccccc4-c4ccccc43)ccc12.O=C(O)C(F)(F)F. The molecule has 1 aliphatic carbocycles. The zero-order chi connectivity index (χ0) is 37.3. The summed E-state index contributed by atoms with van der Waals surface area (Å²) < 4.78 is 37.3. The Kier molecular flexibility index (Phi) is 12.6. The summed E-state index contributed by atoms with van der Waals surface area (Å²) in [7, 11) is 0. The van der Waals surface area contributed by atoms with Gasteiger partial charge in [0.25, 0.3) is 0 Å². The Morgan fingerprint density at radius 2 is 1.53 bits per heavy atom. The molecule has 12 nitrogen and oxygen atoms in total. The van der Waals surface area contributed by atoms with Gasteiger partial charge in [0, 0.05) is 23.1 Å². The van der Waals surface area contributed by atoms with Crippen molar-refractivity contribution in [1.29, 1.82) is 0 Å². The Labute approximate surface area is 290 Å². The minimum atomic E-state index is -5.08. The van der Waals surface area contributed by atoms with Gasteiger partial charge in [-0.3, -0.25) is 14.4 Å². The van der Waals surface area contributed by atoms with Crippen molar-refractivity contribution in [1.82, 2.24) is 15.6 Å². The first-order valence-corrected chi connectivity index (χ1v) is 16.1. The van der Waals surface area contributed by atoms with Gasteiger partial charge in [0.15, 0.2) is 0 Å². The Hall–Kier alpha value is -5.70. The Morgan fingerprint density at radius 1 is 0.922 bits per heavy atom. The maximum absolute atomic E-state index is 13.3. The first-order valence-electron chi connectivity index (χ1n) is 16.1. The second-order valence-electron chi connectivity index (χ2n) is 11.9. The molecule has 0 saturated heterocycles. The van der Waals surface area contributed by atoms with Crippen molar-refractivity contribution in [2.45, 2.75) is 57.3 Å². The first-order chi connectivity index (χ1) is 24.2. The van der Waals surface area contributed by atoms with Crippen LogP contribution in [0.2, 0.25) is 0 Å². The number of carbonyl (C=O) groups is 4. The number of unbranched alkanes of at least 4 members (excludes halogenated alkanes) is 1. The van der Waals surface area contributed by atoms with E-state index >= 15 is 0 Å². The number of carboxylic acid groups (broad SMARTS) is 1. The molecule has 0 aliphatic heterocycles. The van der Waals surface area contributed by atoms with E-state index in [-0.39, 0.29) is 18.1 Å². The van der Waals surface area contributed by atoms with E-state index in [9.17, 15) is 32.3 Å². The predicted molar refractivity (Wildman–Crippen MR) is 184 cm³/mol. The van der Waals surface area contributed by atoms with Crippen LogP contribution in [0.4, 0.5) is 23.7 Å². The summed E-state index contributed by atoms with van der Waals surface area (Å²) in [6, 6.07) is 21.0. The summed E-state index contributed by atoms with van der Waals surface area (Å²) in [6.45, 7) is 3.96. The van der Waals surface area contributed by atoms with Gasteiger partial charge in [-0.1, -0.05) is 54.6 Å². The van der Waals surface area contributed by atoms with E-state index in [4.69, 9.17) is 20.4 Å². The van der Waals surface area contributed by atoms with Gasteiger partial charge >= 0.3 is 18.2 Å². The standard InChI is InChI=1S/C34H37N5O5.C2HF3O2/c1-20-17-31(40)38-30-18-22(14-15-23(20)30)37-33(42)29(13-7-8-16-35)39-32(41)21(2)36-34(43)44-19-28-26-11-5-3-9-24(26)25-10-4-6-12-27(25)28;3-2(4,5)1(6)7/h3-6,9-12,14-15,17-18,21,28-29H,7-8,13,16,19,35H2,1-2H3,(H,36,43)(H,37,42)(H,38,40)(H,39,41);(H,6,7)/t21?,29-;/m0./s1. The molecule has 1 unspecified atom stereocenters. The number of alkyl carbamates (subject to hydrolysis) is 1. The van der Waals surface area contributed by atoms with Crippen molar-refractivity contribution in [3.05, 3.63) is 99.8 Å². The average Bonchev–Trinajstić information content (AvgIpc) is 3.40. The molecule has 1 aliphatic rings. The molecule has 0 fully saturated rings. The number of alkyl halides is 3. The number of benzene rings is 3. The fourth-order valence-corrected chi connectivity index (χ4v) is 5.68. The lowest BCUT2D eigenvalue weighted by atomic mass is 9.98. The average molecular weight is 710 g/mol. The number of ether oxygens (including phenoxy) is 1. The number of anilines is 1. The summed E-state index contributed by atoms with van der Waals surface area (Å²) >= 11 is 0. The summed E-state index contributed by atoms with van der Waals surface area (Å²) in [4.78, 5) is 62.7. The fourth-order valence-electron chi connectivity index (χ4n) is 5.68. The number of nitrogens with one attached hydrogen (secondary N) is 4. The Balaban J connectivity index is 0.000000755. The van der Waals surface area contributed by atoms with E-state index in [0.29, 0.717) is 37.0 Å². The normalized spacial score (nSPS) is 13.1. The smallest absolute Gasteiger partial charge is 0.475 e. The molecule has 2 atom stereocenters. The third-order valence-electron chi connectivity index (χ3n) is 8.21. The first kappa shape index (κ1) is 38.1. The van der Waals surface area contributed by atoms with Crippen LogP contribution in [-0.2, 0) is 19.1 Å². The van der Waals surface area contributed by atoms with Gasteiger partial charge in [-0.2, -0.15) is 13.2 Å². The van der Waals surface area contributed by atoms with Gasteiger partial charge in [0.2, 0.25) is 17.4 Å². The number of aryl methyl sites for hydroxylation is 1. The number of nitrogens with two attached hydrogens (primary N) is 1. The Morgan fingerprint density at radius 3 is 2.12 bits per heavy atom. The number of fused-ring (bicyclic) bond motifs is 4. The van der Waals surface area contributed by atoms with Crippen molar-refractivity contribution in [3.8, 4) is 11.1 Å². The van der Waals surface area contributed by atoms with Crippen LogP contribution in [0.25, 0.3) is 22.0 Å². The molecular weight excluding hydrogens is 671 g/mol. The van der Waals surface area contributed by atoms with E-state index in [0.717, 1.165) is 33.2 Å². The third-order valence-corrected chi connectivity index (χ3v) is 8.21. The third kappa shape index (κ3) is 9.94. The van der Waals surface area contributed by atoms with Crippen molar-refractivity contribution in [2.75, 3.05) is 18.5 Å². The molecule has 0 bridgehead atoms. The molecule has 3 amide bonds. The maximum atomic E-state index is 13.3. The monoisotopic (exact) mass is 709 g/mol. The van der Waals surface area contributed by atoms with Crippen LogP contribution in [0.1, 0.15) is 48.8 Å². The van der Waals surface area contributed by atoms with Gasteiger partial charge in [0.05, 0.1) is 5.52 Å². The maximum Gasteiger partial charge on any atom is 0.490 e. The lowest BCUT2D eigenvalue weighted by Gasteiger charge is -2.22. The second kappa shape index (κ2) is 16.8. The number of aromatic amines is 1. The number of carboxylic acids is 1. The van der Waals surface area contributed by atoms with Gasteiger partial charge in [-0.25, -0.2) is 9.59 Å². The van der Waals surface area contributed by atoms with Crippen LogP contribution in [0.3, 0.4) is 0 Å². The zero-order valence-electron chi connectivity index (χ0n) is 27.8. The van der Waals surface area contributed by atoms with Crippen LogP contribution in [0.5, 0.6) is 0 Å². The number of aliphatic carboxylic acids is 1. The molecule has 270 valence electrons. The van der Waals surface area contributed by atoms with Crippen molar-refractivity contribution in [2.24, 2.45) is 5.73 Å². The number of pyridine rings is 1. The van der Waals surface area contributed by atoms with E-state index in [2.05, 4.69) is 33.1 Å². The van der Waals surface area contributed by atoms with Crippen LogP contribution in [0.15, 0.2) is 77.6 Å². The van der Waals surface area contributed by atoms with Crippen molar-refractivity contribution in [3.63, 3.8) is 0 Å². The van der Waals surface area contributed by atoms with E-state index < -0.39 is 42.1 Å².